The maximum absolute atomic E-state index is 13.6. The average molecular weight is 414 g/mol. The SMILES string of the molecule is CCCn1cnnc1C1CN(C(=O)c2cc(C)n(CCCOC)c2C)CC12CCC2. The van der Waals surface area contributed by atoms with Crippen LogP contribution in [-0.2, 0) is 17.8 Å². The van der Waals surface area contributed by atoms with E-state index in [1.165, 1.54) is 19.3 Å². The second kappa shape index (κ2) is 8.53. The third-order valence-electron chi connectivity index (χ3n) is 7.24. The molecule has 164 valence electrons. The van der Waals surface area contributed by atoms with Crippen LogP contribution in [0.5, 0.6) is 0 Å². The zero-order valence-electron chi connectivity index (χ0n) is 18.9. The van der Waals surface area contributed by atoms with E-state index in [4.69, 9.17) is 4.74 Å². The monoisotopic (exact) mass is 413 g/mol. The van der Waals surface area contributed by atoms with Gasteiger partial charge in [-0.1, -0.05) is 13.3 Å². The number of carbonyl (C=O) groups excluding carboxylic acids is 1. The van der Waals surface area contributed by atoms with Gasteiger partial charge in [-0.15, -0.1) is 10.2 Å². The van der Waals surface area contributed by atoms with Gasteiger partial charge in [-0.2, -0.15) is 0 Å². The van der Waals surface area contributed by atoms with Gasteiger partial charge < -0.3 is 18.8 Å². The standard InChI is InChI=1S/C23H35N5O2/c1-5-10-26-16-24-25-21(26)20-14-27(15-23(20)8-6-9-23)22(29)19-13-17(2)28(18(19)3)11-7-12-30-4/h13,16,20H,5-12,14-15H2,1-4H3. The zero-order chi connectivity index (χ0) is 21.3. The first kappa shape index (κ1) is 21.1. The Hall–Kier alpha value is -2.15. The maximum atomic E-state index is 13.6. The molecule has 2 aromatic heterocycles. The lowest BCUT2D eigenvalue weighted by atomic mass is 9.62. The van der Waals surface area contributed by atoms with Gasteiger partial charge in [0.1, 0.15) is 12.2 Å². The van der Waals surface area contributed by atoms with Crippen molar-refractivity contribution in [2.24, 2.45) is 5.41 Å². The molecular formula is C23H35N5O2. The predicted molar refractivity (Wildman–Crippen MR) is 116 cm³/mol. The molecule has 1 amide bonds. The van der Waals surface area contributed by atoms with Crippen LogP contribution in [0.1, 0.15) is 72.5 Å². The first-order valence-corrected chi connectivity index (χ1v) is 11.3. The molecule has 2 fully saturated rings. The fourth-order valence-electron chi connectivity index (χ4n) is 5.46. The predicted octanol–water partition coefficient (Wildman–Crippen LogP) is 3.55. The highest BCUT2D eigenvalue weighted by Crippen LogP contribution is 2.55. The van der Waals surface area contributed by atoms with Crippen LogP contribution in [0, 0.1) is 19.3 Å². The Kier molecular flexibility index (Phi) is 6.00. The second-order valence-electron chi connectivity index (χ2n) is 9.12. The lowest BCUT2D eigenvalue weighted by Crippen LogP contribution is -2.38. The van der Waals surface area contributed by atoms with Crippen LogP contribution in [0.25, 0.3) is 0 Å². The molecule has 0 radical (unpaired) electrons. The van der Waals surface area contributed by atoms with Gasteiger partial charge in [0.05, 0.1) is 5.56 Å². The molecule has 2 aromatic rings. The van der Waals surface area contributed by atoms with Crippen LogP contribution in [0.3, 0.4) is 0 Å². The van der Waals surface area contributed by atoms with Gasteiger partial charge >= 0.3 is 0 Å². The lowest BCUT2D eigenvalue weighted by molar-refractivity contribution is 0.0722. The summed E-state index contributed by atoms with van der Waals surface area (Å²) in [7, 11) is 1.73. The first-order chi connectivity index (χ1) is 14.5. The topological polar surface area (TPSA) is 65.2 Å². The lowest BCUT2D eigenvalue weighted by Gasteiger charge is -2.42. The molecule has 0 aromatic carbocycles. The number of rotatable bonds is 8. The number of aromatic nitrogens is 4. The smallest absolute Gasteiger partial charge is 0.255 e. The summed E-state index contributed by atoms with van der Waals surface area (Å²) in [6.07, 6.45) is 7.45. The molecule has 30 heavy (non-hydrogen) atoms. The fourth-order valence-corrected chi connectivity index (χ4v) is 5.46. The Bertz CT molecular complexity index is 896. The molecule has 0 bridgehead atoms. The number of aryl methyl sites for hydroxylation is 2. The first-order valence-electron chi connectivity index (χ1n) is 11.3. The van der Waals surface area contributed by atoms with Crippen molar-refractivity contribution in [3.8, 4) is 0 Å². The number of amides is 1. The Morgan fingerprint density at radius 2 is 2.10 bits per heavy atom. The summed E-state index contributed by atoms with van der Waals surface area (Å²) in [6, 6.07) is 2.06. The van der Waals surface area contributed by atoms with Crippen molar-refractivity contribution in [3.63, 3.8) is 0 Å². The molecule has 4 rings (SSSR count). The van der Waals surface area contributed by atoms with Gasteiger partial charge in [0, 0.05) is 57.2 Å². The number of hydrogen-bond acceptors (Lipinski definition) is 4. The molecule has 1 unspecified atom stereocenters. The van der Waals surface area contributed by atoms with Crippen LogP contribution in [0.15, 0.2) is 12.4 Å². The van der Waals surface area contributed by atoms with Crippen molar-refractivity contribution in [3.05, 3.63) is 35.2 Å². The second-order valence-corrected chi connectivity index (χ2v) is 9.12. The highest BCUT2D eigenvalue weighted by molar-refractivity contribution is 5.96. The van der Waals surface area contributed by atoms with Gasteiger partial charge in [0.25, 0.3) is 5.91 Å². The van der Waals surface area contributed by atoms with E-state index in [1.54, 1.807) is 7.11 Å². The van der Waals surface area contributed by atoms with E-state index in [0.29, 0.717) is 0 Å². The van der Waals surface area contributed by atoms with Crippen LogP contribution < -0.4 is 0 Å². The molecule has 1 saturated heterocycles. The normalized spacial score (nSPS) is 20.1. The summed E-state index contributed by atoms with van der Waals surface area (Å²) in [5.41, 5.74) is 3.23. The van der Waals surface area contributed by atoms with Gasteiger partial charge in [-0.3, -0.25) is 4.79 Å². The summed E-state index contributed by atoms with van der Waals surface area (Å²) >= 11 is 0. The van der Waals surface area contributed by atoms with Crippen molar-refractivity contribution < 1.29 is 9.53 Å². The van der Waals surface area contributed by atoms with Gasteiger partial charge in [0.2, 0.25) is 0 Å². The molecule has 1 spiro atoms. The van der Waals surface area contributed by atoms with Crippen molar-refractivity contribution >= 4 is 5.91 Å². The van der Waals surface area contributed by atoms with Crippen molar-refractivity contribution in [2.45, 2.75) is 71.9 Å². The summed E-state index contributed by atoms with van der Waals surface area (Å²) in [5, 5.41) is 8.70. The Morgan fingerprint density at radius 1 is 1.30 bits per heavy atom. The van der Waals surface area contributed by atoms with Crippen molar-refractivity contribution in [1.29, 1.82) is 0 Å². The molecule has 3 heterocycles. The molecule has 1 saturated carbocycles. The summed E-state index contributed by atoms with van der Waals surface area (Å²) < 4.78 is 9.63. The molecule has 0 N–H and O–H groups in total. The van der Waals surface area contributed by atoms with E-state index in [9.17, 15) is 4.79 Å². The summed E-state index contributed by atoms with van der Waals surface area (Å²) in [5.74, 6) is 1.52. The van der Waals surface area contributed by atoms with E-state index in [0.717, 1.165) is 68.4 Å². The number of carbonyl (C=O) groups is 1. The summed E-state index contributed by atoms with van der Waals surface area (Å²) in [6.45, 7) is 10.5. The van der Waals surface area contributed by atoms with Crippen LogP contribution >= 0.6 is 0 Å². The van der Waals surface area contributed by atoms with E-state index >= 15 is 0 Å². The number of hydrogen-bond donors (Lipinski definition) is 0. The number of nitrogens with zero attached hydrogens (tertiary/aromatic N) is 5. The Labute approximate surface area is 179 Å². The zero-order valence-corrected chi connectivity index (χ0v) is 18.9. The van der Waals surface area contributed by atoms with E-state index in [2.05, 4.69) is 51.1 Å². The average Bonchev–Trinajstić information content (AvgIpc) is 3.39. The van der Waals surface area contributed by atoms with Crippen molar-refractivity contribution in [2.75, 3.05) is 26.8 Å². The van der Waals surface area contributed by atoms with E-state index in [-0.39, 0.29) is 17.2 Å². The minimum Gasteiger partial charge on any atom is -0.385 e. The highest BCUT2D eigenvalue weighted by atomic mass is 16.5. The largest absolute Gasteiger partial charge is 0.385 e. The summed E-state index contributed by atoms with van der Waals surface area (Å²) in [4.78, 5) is 15.6. The third kappa shape index (κ3) is 3.57. The van der Waals surface area contributed by atoms with Crippen molar-refractivity contribution in [1.82, 2.24) is 24.2 Å². The minimum atomic E-state index is 0.163. The minimum absolute atomic E-state index is 0.163. The Morgan fingerprint density at radius 3 is 2.77 bits per heavy atom. The molecule has 1 aliphatic heterocycles. The van der Waals surface area contributed by atoms with Crippen LogP contribution in [0.2, 0.25) is 0 Å². The van der Waals surface area contributed by atoms with Gasteiger partial charge in [-0.05, 0) is 51.0 Å². The molecule has 7 nitrogen and oxygen atoms in total. The van der Waals surface area contributed by atoms with E-state index < -0.39 is 0 Å². The molecular weight excluding hydrogens is 378 g/mol. The molecule has 7 heteroatoms. The maximum Gasteiger partial charge on any atom is 0.255 e. The van der Waals surface area contributed by atoms with Crippen LogP contribution in [0.4, 0.5) is 0 Å². The molecule has 1 aliphatic carbocycles. The number of ether oxygens (including phenoxy) is 1. The molecule has 2 aliphatic rings. The highest BCUT2D eigenvalue weighted by Gasteiger charge is 2.53. The molecule has 1 atom stereocenters. The quantitative estimate of drug-likeness (QED) is 0.621. The van der Waals surface area contributed by atoms with E-state index in [1.807, 2.05) is 6.33 Å². The fraction of sp³-hybridized carbons (Fsp3) is 0.696. The Balaban J connectivity index is 1.56. The third-order valence-corrected chi connectivity index (χ3v) is 7.24. The van der Waals surface area contributed by atoms with Gasteiger partial charge in [0.15, 0.2) is 0 Å². The number of methoxy groups -OCH3 is 1. The van der Waals surface area contributed by atoms with Gasteiger partial charge in [-0.25, -0.2) is 0 Å². The van der Waals surface area contributed by atoms with Crippen LogP contribution in [-0.4, -0.2) is 56.9 Å². The number of likely N-dealkylation sites (tertiary alicyclic amines) is 1.